The number of methoxy groups -OCH3 is 3. The number of benzene rings is 1. The summed E-state index contributed by atoms with van der Waals surface area (Å²) < 4.78 is 17.9. The van der Waals surface area contributed by atoms with E-state index in [0.717, 1.165) is 25.7 Å². The standard InChI is InChI=1S/C23H33N5O5/c1-6-27(7-2)23(30)18-14-28(26-25-18)16-10-8-15(9-11-16)24-22(29)17-12-13-19(31-3)21(33-5)20(17)32-4/h12-16H,6-11H2,1-5H3,(H,24,29). The first-order valence-corrected chi connectivity index (χ1v) is 11.3. The van der Waals surface area contributed by atoms with Crippen molar-refractivity contribution in [1.29, 1.82) is 0 Å². The van der Waals surface area contributed by atoms with Crippen LogP contribution in [-0.4, -0.2) is 72.2 Å². The van der Waals surface area contributed by atoms with Gasteiger partial charge in [0.2, 0.25) is 5.75 Å². The maximum atomic E-state index is 13.0. The van der Waals surface area contributed by atoms with E-state index >= 15 is 0 Å². The Morgan fingerprint density at radius 2 is 1.70 bits per heavy atom. The topological polar surface area (TPSA) is 108 Å². The molecule has 1 heterocycles. The van der Waals surface area contributed by atoms with Gasteiger partial charge in [0, 0.05) is 19.1 Å². The minimum atomic E-state index is -0.218. The highest BCUT2D eigenvalue weighted by Crippen LogP contribution is 2.40. The maximum absolute atomic E-state index is 13.0. The van der Waals surface area contributed by atoms with Crippen molar-refractivity contribution < 1.29 is 23.8 Å². The highest BCUT2D eigenvalue weighted by Gasteiger charge is 2.28. The van der Waals surface area contributed by atoms with Crippen LogP contribution < -0.4 is 19.5 Å². The highest BCUT2D eigenvalue weighted by molar-refractivity contribution is 5.98. The Balaban J connectivity index is 1.61. The molecule has 10 nitrogen and oxygen atoms in total. The van der Waals surface area contributed by atoms with Crippen molar-refractivity contribution in [1.82, 2.24) is 25.2 Å². The van der Waals surface area contributed by atoms with E-state index in [0.29, 0.717) is 41.6 Å². The van der Waals surface area contributed by atoms with Crippen molar-refractivity contribution >= 4 is 11.8 Å². The molecule has 1 saturated carbocycles. The molecule has 1 aromatic carbocycles. The zero-order valence-electron chi connectivity index (χ0n) is 20.0. The molecule has 1 aliphatic carbocycles. The van der Waals surface area contributed by atoms with Gasteiger partial charge in [-0.25, -0.2) is 4.68 Å². The molecule has 0 radical (unpaired) electrons. The first-order valence-electron chi connectivity index (χ1n) is 11.3. The van der Waals surface area contributed by atoms with E-state index in [1.807, 2.05) is 13.8 Å². The summed E-state index contributed by atoms with van der Waals surface area (Å²) in [5.41, 5.74) is 0.766. The fourth-order valence-corrected chi connectivity index (χ4v) is 4.25. The summed E-state index contributed by atoms with van der Waals surface area (Å²) in [5, 5.41) is 11.4. The lowest BCUT2D eigenvalue weighted by molar-refractivity contribution is 0.0766. The lowest BCUT2D eigenvalue weighted by atomic mass is 9.91. The summed E-state index contributed by atoms with van der Waals surface area (Å²) in [6.07, 6.45) is 4.99. The molecular formula is C23H33N5O5. The first kappa shape index (κ1) is 24.3. The SMILES string of the molecule is CCN(CC)C(=O)c1cn(C2CCC(NC(=O)c3ccc(OC)c(OC)c3OC)CC2)nn1. The number of aromatic nitrogens is 3. The van der Waals surface area contributed by atoms with Crippen molar-refractivity contribution in [3.05, 3.63) is 29.6 Å². The van der Waals surface area contributed by atoms with Crippen LogP contribution in [0.25, 0.3) is 0 Å². The van der Waals surface area contributed by atoms with Gasteiger partial charge in [0.25, 0.3) is 11.8 Å². The Hall–Kier alpha value is -3.30. The summed E-state index contributed by atoms with van der Waals surface area (Å²) in [6, 6.07) is 3.55. The van der Waals surface area contributed by atoms with Gasteiger partial charge in [-0.3, -0.25) is 9.59 Å². The summed E-state index contributed by atoms with van der Waals surface area (Å²) in [7, 11) is 4.54. The number of hydrogen-bond donors (Lipinski definition) is 1. The van der Waals surface area contributed by atoms with E-state index in [9.17, 15) is 9.59 Å². The second-order valence-electron chi connectivity index (χ2n) is 7.92. The van der Waals surface area contributed by atoms with Gasteiger partial charge in [0.05, 0.1) is 39.1 Å². The third-order valence-corrected chi connectivity index (χ3v) is 6.13. The van der Waals surface area contributed by atoms with E-state index in [1.54, 1.807) is 27.9 Å². The smallest absolute Gasteiger partial charge is 0.276 e. The zero-order valence-corrected chi connectivity index (χ0v) is 20.0. The maximum Gasteiger partial charge on any atom is 0.276 e. The summed E-state index contributed by atoms with van der Waals surface area (Å²) in [6.45, 7) is 5.16. The number of ether oxygens (including phenoxy) is 3. The molecular weight excluding hydrogens is 426 g/mol. The van der Waals surface area contributed by atoms with Crippen LogP contribution in [0.2, 0.25) is 0 Å². The molecule has 1 fully saturated rings. The van der Waals surface area contributed by atoms with Gasteiger partial charge >= 0.3 is 0 Å². The Bertz CT molecular complexity index is 964. The molecule has 0 aliphatic heterocycles. The Labute approximate surface area is 194 Å². The summed E-state index contributed by atoms with van der Waals surface area (Å²) in [5.74, 6) is 0.909. The second-order valence-corrected chi connectivity index (χ2v) is 7.92. The van der Waals surface area contributed by atoms with Gasteiger partial charge < -0.3 is 24.4 Å². The van der Waals surface area contributed by atoms with Crippen LogP contribution in [0.5, 0.6) is 17.2 Å². The third kappa shape index (κ3) is 5.20. The number of hydrogen-bond acceptors (Lipinski definition) is 7. The molecule has 3 rings (SSSR count). The van der Waals surface area contributed by atoms with Gasteiger partial charge in [-0.2, -0.15) is 0 Å². The lowest BCUT2D eigenvalue weighted by Gasteiger charge is -2.29. The van der Waals surface area contributed by atoms with Crippen LogP contribution in [-0.2, 0) is 0 Å². The number of carbonyl (C=O) groups is 2. The summed E-state index contributed by atoms with van der Waals surface area (Å²) in [4.78, 5) is 27.2. The minimum Gasteiger partial charge on any atom is -0.493 e. The van der Waals surface area contributed by atoms with E-state index in [1.165, 1.54) is 21.3 Å². The summed E-state index contributed by atoms with van der Waals surface area (Å²) >= 11 is 0. The van der Waals surface area contributed by atoms with Gasteiger partial charge in [-0.15, -0.1) is 5.10 Å². The molecule has 0 unspecified atom stereocenters. The van der Waals surface area contributed by atoms with Crippen molar-refractivity contribution in [2.45, 2.75) is 51.6 Å². The number of nitrogens with one attached hydrogen (secondary N) is 1. The molecule has 0 saturated heterocycles. The second kappa shape index (κ2) is 11.0. The molecule has 1 N–H and O–H groups in total. The monoisotopic (exact) mass is 459 g/mol. The minimum absolute atomic E-state index is 0.0341. The van der Waals surface area contributed by atoms with Crippen molar-refractivity contribution in [3.63, 3.8) is 0 Å². The normalized spacial score (nSPS) is 17.8. The molecule has 1 aliphatic rings. The Morgan fingerprint density at radius 1 is 1.03 bits per heavy atom. The first-order chi connectivity index (χ1) is 16.0. The third-order valence-electron chi connectivity index (χ3n) is 6.13. The lowest BCUT2D eigenvalue weighted by Crippen LogP contribution is -2.38. The largest absolute Gasteiger partial charge is 0.493 e. The van der Waals surface area contributed by atoms with Crippen molar-refractivity contribution in [3.8, 4) is 17.2 Å². The molecule has 10 heteroatoms. The zero-order chi connectivity index (χ0) is 24.0. The van der Waals surface area contributed by atoms with Gasteiger partial charge in [0.15, 0.2) is 17.2 Å². The van der Waals surface area contributed by atoms with Crippen LogP contribution in [0, 0.1) is 0 Å². The number of carbonyl (C=O) groups excluding carboxylic acids is 2. The molecule has 1 aromatic heterocycles. The molecule has 0 atom stereocenters. The molecule has 33 heavy (non-hydrogen) atoms. The number of rotatable bonds is 9. The fraction of sp³-hybridized carbons (Fsp3) is 0.565. The van der Waals surface area contributed by atoms with Crippen LogP contribution in [0.3, 0.4) is 0 Å². The molecule has 180 valence electrons. The van der Waals surface area contributed by atoms with Crippen molar-refractivity contribution in [2.24, 2.45) is 0 Å². The number of nitrogens with zero attached hydrogens (tertiary/aromatic N) is 4. The molecule has 0 spiro atoms. The van der Waals surface area contributed by atoms with Crippen LogP contribution in [0.1, 0.15) is 66.4 Å². The highest BCUT2D eigenvalue weighted by atomic mass is 16.5. The molecule has 0 bridgehead atoms. The average molecular weight is 460 g/mol. The Kier molecular flexibility index (Phi) is 8.13. The van der Waals surface area contributed by atoms with Crippen molar-refractivity contribution in [2.75, 3.05) is 34.4 Å². The van der Waals surface area contributed by atoms with Crippen LogP contribution in [0.15, 0.2) is 18.3 Å². The molecule has 2 aromatic rings. The van der Waals surface area contributed by atoms with E-state index in [2.05, 4.69) is 15.6 Å². The van der Waals surface area contributed by atoms with Gasteiger partial charge in [-0.1, -0.05) is 5.21 Å². The predicted octanol–water partition coefficient (Wildman–Crippen LogP) is 2.70. The number of amides is 2. The van der Waals surface area contributed by atoms with Gasteiger partial charge in [-0.05, 0) is 51.7 Å². The van der Waals surface area contributed by atoms with Gasteiger partial charge in [0.1, 0.15) is 0 Å². The predicted molar refractivity (Wildman–Crippen MR) is 122 cm³/mol. The fourth-order valence-electron chi connectivity index (χ4n) is 4.25. The average Bonchev–Trinajstić information content (AvgIpc) is 3.34. The molecule has 2 amide bonds. The Morgan fingerprint density at radius 3 is 2.27 bits per heavy atom. The van der Waals surface area contributed by atoms with E-state index in [4.69, 9.17) is 14.2 Å². The quantitative estimate of drug-likeness (QED) is 0.614. The van der Waals surface area contributed by atoms with Crippen LogP contribution >= 0.6 is 0 Å². The van der Waals surface area contributed by atoms with E-state index < -0.39 is 0 Å². The van der Waals surface area contributed by atoms with Crippen LogP contribution in [0.4, 0.5) is 0 Å². The van der Waals surface area contributed by atoms with E-state index in [-0.39, 0.29) is 23.9 Å².